The van der Waals surface area contributed by atoms with E-state index in [4.69, 9.17) is 16.3 Å². The van der Waals surface area contributed by atoms with Gasteiger partial charge in [-0.05, 0) is 36.6 Å². The molecule has 3 aliphatic carbocycles. The van der Waals surface area contributed by atoms with Crippen molar-refractivity contribution in [2.24, 2.45) is 7.05 Å². The summed E-state index contributed by atoms with van der Waals surface area (Å²) in [7, 11) is 1.40. The number of hydrogen-bond donors (Lipinski definition) is 3. The van der Waals surface area contributed by atoms with Crippen molar-refractivity contribution < 1.29 is 32.6 Å². The highest BCUT2D eigenvalue weighted by molar-refractivity contribution is 6.30. The fourth-order valence-electron chi connectivity index (χ4n) is 4.13. The Morgan fingerprint density at radius 1 is 1.36 bits per heavy atom. The highest BCUT2D eigenvalue weighted by Crippen LogP contribution is 2.48. The molecular formula is C21H20ClF3N4O4. The zero-order chi connectivity index (χ0) is 23.9. The lowest BCUT2D eigenvalue weighted by molar-refractivity contribution is -0.123. The van der Waals surface area contributed by atoms with E-state index < -0.39 is 48.0 Å². The summed E-state index contributed by atoms with van der Waals surface area (Å²) in [5, 5.41) is 19.5. The van der Waals surface area contributed by atoms with Gasteiger partial charge in [-0.25, -0.2) is 13.2 Å². The first-order valence-electron chi connectivity index (χ1n) is 9.99. The van der Waals surface area contributed by atoms with Gasteiger partial charge in [0.05, 0.1) is 16.7 Å². The van der Waals surface area contributed by atoms with Crippen LogP contribution in [0.4, 0.5) is 13.2 Å². The maximum Gasteiger partial charge on any atom is 0.282 e. The van der Waals surface area contributed by atoms with Gasteiger partial charge in [-0.3, -0.25) is 14.3 Å². The first-order chi connectivity index (χ1) is 15.6. The first-order valence-corrected chi connectivity index (χ1v) is 10.4. The van der Waals surface area contributed by atoms with E-state index in [1.807, 2.05) is 0 Å². The molecule has 8 nitrogen and oxygen atoms in total. The number of benzene rings is 1. The zero-order valence-corrected chi connectivity index (χ0v) is 18.1. The molecule has 0 spiro atoms. The molecule has 1 aromatic carbocycles. The van der Waals surface area contributed by atoms with Crippen LogP contribution >= 0.6 is 11.6 Å². The summed E-state index contributed by atoms with van der Waals surface area (Å²) >= 11 is 5.60. The molecule has 0 radical (unpaired) electrons. The Balaban J connectivity index is 1.35. The van der Waals surface area contributed by atoms with E-state index in [-0.39, 0.29) is 22.9 Å². The van der Waals surface area contributed by atoms with Crippen molar-refractivity contribution >= 4 is 23.4 Å². The lowest BCUT2D eigenvalue weighted by Gasteiger charge is -2.51. The molecular weight excluding hydrogens is 465 g/mol. The highest BCUT2D eigenvalue weighted by Gasteiger charge is 2.50. The van der Waals surface area contributed by atoms with Crippen LogP contribution < -0.4 is 15.4 Å². The number of fused-ring (bicyclic) bond motifs is 2. The molecule has 2 amide bonds. The van der Waals surface area contributed by atoms with E-state index in [0.717, 1.165) is 22.4 Å². The zero-order valence-electron chi connectivity index (χ0n) is 17.4. The Bertz CT molecular complexity index is 1140. The summed E-state index contributed by atoms with van der Waals surface area (Å²) in [6.07, 6.45) is -2.90. The molecule has 1 atom stereocenters. The summed E-state index contributed by atoms with van der Waals surface area (Å²) < 4.78 is 45.5. The fourth-order valence-corrected chi connectivity index (χ4v) is 4.25. The highest BCUT2D eigenvalue weighted by atomic mass is 35.5. The maximum atomic E-state index is 13.5. The number of aromatic nitrogens is 2. The van der Waals surface area contributed by atoms with E-state index in [1.54, 1.807) is 0 Å². The van der Waals surface area contributed by atoms with Gasteiger partial charge in [-0.15, -0.1) is 0 Å². The Morgan fingerprint density at radius 2 is 2.09 bits per heavy atom. The van der Waals surface area contributed by atoms with Crippen molar-refractivity contribution in [2.45, 2.75) is 37.3 Å². The van der Waals surface area contributed by atoms with Crippen LogP contribution in [0.5, 0.6) is 5.75 Å². The summed E-state index contributed by atoms with van der Waals surface area (Å²) in [5.74, 6) is -1.65. The number of aliphatic hydroxyl groups excluding tert-OH is 1. The Kier molecular flexibility index (Phi) is 6.10. The number of hydrogen-bond acceptors (Lipinski definition) is 5. The van der Waals surface area contributed by atoms with E-state index >= 15 is 0 Å². The second kappa shape index (κ2) is 8.71. The summed E-state index contributed by atoms with van der Waals surface area (Å²) in [6.45, 7) is -0.403. The molecule has 2 bridgehead atoms. The van der Waals surface area contributed by atoms with E-state index in [9.17, 15) is 27.9 Å². The number of alkyl halides is 2. The second-order valence-electron chi connectivity index (χ2n) is 8.12. The Morgan fingerprint density at radius 3 is 2.70 bits per heavy atom. The summed E-state index contributed by atoms with van der Waals surface area (Å²) in [5.41, 5.74) is -0.124. The van der Waals surface area contributed by atoms with Gasteiger partial charge < -0.3 is 20.5 Å². The molecule has 176 valence electrons. The van der Waals surface area contributed by atoms with Crippen molar-refractivity contribution in [1.82, 2.24) is 20.4 Å². The van der Waals surface area contributed by atoms with Gasteiger partial charge in [0.25, 0.3) is 18.2 Å². The van der Waals surface area contributed by atoms with E-state index in [0.29, 0.717) is 18.5 Å². The lowest BCUT2D eigenvalue weighted by Crippen LogP contribution is -2.61. The number of carbonyl (C=O) groups excluding carboxylic acids is 2. The number of ether oxygens (including phenoxy) is 1. The maximum absolute atomic E-state index is 13.5. The number of rotatable bonds is 7. The van der Waals surface area contributed by atoms with Gasteiger partial charge in [0.1, 0.15) is 23.0 Å². The van der Waals surface area contributed by atoms with Crippen molar-refractivity contribution in [1.29, 1.82) is 0 Å². The molecule has 2 aromatic rings. The predicted molar refractivity (Wildman–Crippen MR) is 110 cm³/mol. The van der Waals surface area contributed by atoms with Gasteiger partial charge in [-0.2, -0.15) is 5.10 Å². The SMILES string of the molecule is Cn1nc(C(F)F)cc1C(=O)NC12CC(=C(NC(=O)COc3ccc(Cl)c(F)c3)C(O)C1)C2. The van der Waals surface area contributed by atoms with Gasteiger partial charge in [0.15, 0.2) is 6.61 Å². The molecule has 0 saturated heterocycles. The Hall–Kier alpha value is -3.05. The molecule has 3 N–H and O–H groups in total. The van der Waals surface area contributed by atoms with Crippen LogP contribution in [0.25, 0.3) is 0 Å². The van der Waals surface area contributed by atoms with E-state index in [1.165, 1.54) is 19.2 Å². The largest absolute Gasteiger partial charge is 0.484 e. The molecule has 1 saturated carbocycles. The molecule has 1 heterocycles. The Labute approximate surface area is 191 Å². The number of nitrogens with zero attached hydrogens (tertiary/aromatic N) is 2. The number of aryl methyl sites for hydroxylation is 1. The molecule has 3 aliphatic rings. The van der Waals surface area contributed by atoms with Crippen LogP contribution in [0, 0.1) is 5.82 Å². The first kappa shape index (κ1) is 23.1. The van der Waals surface area contributed by atoms with E-state index in [2.05, 4.69) is 15.7 Å². The molecule has 5 rings (SSSR count). The van der Waals surface area contributed by atoms with Gasteiger partial charge in [-0.1, -0.05) is 11.6 Å². The topological polar surface area (TPSA) is 105 Å². The van der Waals surface area contributed by atoms with Crippen LogP contribution in [0.2, 0.25) is 5.02 Å². The molecule has 33 heavy (non-hydrogen) atoms. The second-order valence-corrected chi connectivity index (χ2v) is 8.52. The normalized spacial score (nSPS) is 21.6. The van der Waals surface area contributed by atoms with Crippen LogP contribution in [0.15, 0.2) is 35.5 Å². The van der Waals surface area contributed by atoms with Crippen LogP contribution in [0.3, 0.4) is 0 Å². The number of halogens is 4. The third-order valence-electron chi connectivity index (χ3n) is 5.67. The quantitative estimate of drug-likeness (QED) is 0.560. The molecule has 1 fully saturated rings. The average Bonchev–Trinajstić information content (AvgIpc) is 3.12. The molecule has 0 aliphatic heterocycles. The third kappa shape index (κ3) is 4.69. The molecule has 12 heteroatoms. The molecule has 1 aromatic heterocycles. The van der Waals surface area contributed by atoms with Crippen LogP contribution in [-0.4, -0.2) is 45.0 Å². The lowest BCUT2D eigenvalue weighted by atomic mass is 9.63. The monoisotopic (exact) mass is 484 g/mol. The van der Waals surface area contributed by atoms with Gasteiger partial charge >= 0.3 is 0 Å². The van der Waals surface area contributed by atoms with Crippen LogP contribution in [-0.2, 0) is 11.8 Å². The van der Waals surface area contributed by atoms with Crippen molar-refractivity contribution in [3.05, 3.63) is 57.8 Å². The number of aliphatic hydroxyl groups is 1. The minimum atomic E-state index is -2.79. The van der Waals surface area contributed by atoms with Gasteiger partial charge in [0, 0.05) is 25.2 Å². The fraction of sp³-hybridized carbons (Fsp3) is 0.381. The predicted octanol–water partition coefficient (Wildman–Crippen LogP) is 2.63. The average molecular weight is 485 g/mol. The number of carbonyl (C=O) groups is 2. The van der Waals surface area contributed by atoms with Crippen molar-refractivity contribution in [3.63, 3.8) is 0 Å². The smallest absolute Gasteiger partial charge is 0.282 e. The van der Waals surface area contributed by atoms with Crippen molar-refractivity contribution in [3.8, 4) is 5.75 Å². The minimum Gasteiger partial charge on any atom is -0.484 e. The van der Waals surface area contributed by atoms with Crippen molar-refractivity contribution in [2.75, 3.05) is 6.61 Å². The van der Waals surface area contributed by atoms with Gasteiger partial charge in [0.2, 0.25) is 0 Å². The number of amides is 2. The third-order valence-corrected chi connectivity index (χ3v) is 5.98. The molecule has 1 unspecified atom stereocenters. The van der Waals surface area contributed by atoms with Crippen LogP contribution in [0.1, 0.15) is 41.9 Å². The standard InChI is InChI=1S/C21H20ClF3N4O4/c1-29-15(5-14(28-29)19(24)25)20(32)27-21-6-10(7-21)18(16(30)8-21)26-17(31)9-33-11-2-3-12(22)13(23)4-11/h2-5,16,19,30H,6-9H2,1H3,(H,26,31)(H,27,32). The summed E-state index contributed by atoms with van der Waals surface area (Å²) in [6, 6.07) is 4.82. The minimum absolute atomic E-state index is 0.0125. The summed E-state index contributed by atoms with van der Waals surface area (Å²) in [4.78, 5) is 24.8. The number of nitrogens with one attached hydrogen (secondary N) is 2.